The molecule has 5 heteroatoms. The van der Waals surface area contributed by atoms with E-state index in [1.165, 1.54) is 0 Å². The molecule has 4 nitrogen and oxygen atoms in total. The Labute approximate surface area is 48.4 Å². The Kier molecular flexibility index (Phi) is 24.9. The fourth-order valence-electron chi connectivity index (χ4n) is 0. The quantitative estimate of drug-likeness (QED) is 0.374. The summed E-state index contributed by atoms with van der Waals surface area (Å²) in [5, 5.41) is 16.7. The van der Waals surface area contributed by atoms with Crippen molar-refractivity contribution in [2.24, 2.45) is 0 Å². The second kappa shape index (κ2) is 8.86. The first-order valence-corrected chi connectivity index (χ1v) is 0.612. The topological polar surface area (TPSA) is 93.7 Å². The van der Waals surface area contributed by atoms with E-state index in [9.17, 15) is 0 Å². The molecule has 0 heterocycles. The standard InChI is InChI=1S/CH2O3.N.Pd/c2-1(3)4;;/h(H2,2,3,4);;/q;;+2/p-2. The Hall–Kier alpha value is -0.108. The van der Waals surface area contributed by atoms with E-state index in [2.05, 4.69) is 0 Å². The number of rotatable bonds is 0. The van der Waals surface area contributed by atoms with E-state index in [1.54, 1.807) is 0 Å². The van der Waals surface area contributed by atoms with E-state index in [-0.39, 0.29) is 26.6 Å². The van der Waals surface area contributed by atoms with Crippen LogP contribution in [0.4, 0.5) is 4.79 Å². The maximum Gasteiger partial charge on any atom is 2.00 e. The van der Waals surface area contributed by atoms with Crippen LogP contribution < -0.4 is 16.4 Å². The van der Waals surface area contributed by atoms with Gasteiger partial charge in [-0.1, -0.05) is 0 Å². The first kappa shape index (κ1) is 16.9. The van der Waals surface area contributed by atoms with Gasteiger partial charge in [0.1, 0.15) is 0 Å². The maximum atomic E-state index is 8.33. The molecule has 0 amide bonds. The van der Waals surface area contributed by atoms with Gasteiger partial charge in [0.15, 0.2) is 0 Å². The van der Waals surface area contributed by atoms with Gasteiger partial charge in [0, 0.05) is 6.15 Å². The Bertz CT molecular complexity index is 33.8. The smallest absolute Gasteiger partial charge is 0.652 e. The Morgan fingerprint density at radius 3 is 1.33 bits per heavy atom. The van der Waals surface area contributed by atoms with Gasteiger partial charge in [0.2, 0.25) is 0 Å². The summed E-state index contributed by atoms with van der Waals surface area (Å²) in [5.41, 5.74) is 0. The number of carbonyl (C=O) groups excluding carboxylic acids is 1. The van der Waals surface area contributed by atoms with Gasteiger partial charge < -0.3 is 15.0 Å². The van der Waals surface area contributed by atoms with Crippen LogP contribution in [0, 0.1) is 0 Å². The van der Waals surface area contributed by atoms with Crippen LogP contribution in [0.5, 0.6) is 0 Å². The van der Waals surface area contributed by atoms with Crippen LogP contribution in [0.25, 0.3) is 0 Å². The summed E-state index contributed by atoms with van der Waals surface area (Å²) in [4.78, 5) is 8.33. The monoisotopic (exact) mass is 180 g/mol. The van der Waals surface area contributed by atoms with Crippen LogP contribution in [0.2, 0.25) is 0 Å². The molecule has 0 unspecified atom stereocenters. The molecular formula is CNO3Pd. The van der Waals surface area contributed by atoms with Crippen molar-refractivity contribution in [3.8, 4) is 0 Å². The molecule has 0 aliphatic heterocycles. The first-order valence-electron chi connectivity index (χ1n) is 0.612. The molecule has 0 saturated heterocycles. The molecule has 0 bridgehead atoms. The SMILES string of the molecule is O=C([O-])[O-].[N].[Pd+2]. The number of carbonyl (C=O) groups is 1. The van der Waals surface area contributed by atoms with Crippen molar-refractivity contribution in [3.05, 3.63) is 0 Å². The summed E-state index contributed by atoms with van der Waals surface area (Å²) in [5.74, 6) is 0. The molecular weight excluding hydrogens is 180 g/mol. The number of nitrogens with zero attached hydrogens (tertiary/aromatic N) is 1. The number of hydrogen-bond donors (Lipinski definition) is 0. The largest absolute Gasteiger partial charge is 2.00 e. The molecule has 0 aliphatic rings. The molecule has 0 saturated carbocycles. The second-order valence-corrected chi connectivity index (χ2v) is 0.250. The average molecular weight is 180 g/mol. The Morgan fingerprint density at radius 1 is 1.33 bits per heavy atom. The number of carboxylic acid groups (broad SMARTS) is 2. The molecule has 0 spiro atoms. The fourth-order valence-corrected chi connectivity index (χ4v) is 0. The summed E-state index contributed by atoms with van der Waals surface area (Å²) >= 11 is 0. The molecule has 0 N–H and O–H groups in total. The Balaban J connectivity index is -0.0000000450. The average Bonchev–Trinajstić information content (AvgIpc) is 0.811. The third-order valence-electron chi connectivity index (χ3n) is 0. The summed E-state index contributed by atoms with van der Waals surface area (Å²) < 4.78 is 0. The zero-order valence-corrected chi connectivity index (χ0v) is 4.04. The summed E-state index contributed by atoms with van der Waals surface area (Å²) in [7, 11) is 0. The van der Waals surface area contributed by atoms with E-state index in [1.807, 2.05) is 0 Å². The van der Waals surface area contributed by atoms with Crippen LogP contribution in [-0.4, -0.2) is 6.16 Å². The fraction of sp³-hybridized carbons (Fsp3) is 0. The van der Waals surface area contributed by atoms with Crippen LogP contribution in [-0.2, 0) is 20.4 Å². The normalized spacial score (nSPS) is 4.00. The third-order valence-corrected chi connectivity index (χ3v) is 0. The van der Waals surface area contributed by atoms with Gasteiger partial charge in [-0.2, -0.15) is 0 Å². The van der Waals surface area contributed by atoms with E-state index in [4.69, 9.17) is 15.0 Å². The predicted octanol–water partition coefficient (Wildman–Crippen LogP) is -2.93. The molecule has 37 valence electrons. The minimum absolute atomic E-state index is 0. The van der Waals surface area contributed by atoms with Gasteiger partial charge >= 0.3 is 20.4 Å². The van der Waals surface area contributed by atoms with Gasteiger partial charge in [0.25, 0.3) is 0 Å². The number of hydrogen-bond acceptors (Lipinski definition) is 3. The molecule has 0 aromatic carbocycles. The first-order chi connectivity index (χ1) is 1.73. The van der Waals surface area contributed by atoms with Crippen LogP contribution in [0.1, 0.15) is 0 Å². The van der Waals surface area contributed by atoms with Crippen molar-refractivity contribution < 1.29 is 35.4 Å². The molecule has 0 atom stereocenters. The molecule has 0 fully saturated rings. The van der Waals surface area contributed by atoms with Gasteiger partial charge in [0.05, 0.1) is 0 Å². The summed E-state index contributed by atoms with van der Waals surface area (Å²) in [6, 6.07) is 0. The predicted molar refractivity (Wildman–Crippen MR) is 7.53 cm³/mol. The molecule has 6 heavy (non-hydrogen) atoms. The van der Waals surface area contributed by atoms with E-state index < -0.39 is 6.16 Å². The van der Waals surface area contributed by atoms with Crippen LogP contribution >= 0.6 is 0 Å². The Morgan fingerprint density at radius 2 is 1.33 bits per heavy atom. The van der Waals surface area contributed by atoms with Crippen molar-refractivity contribution in [1.29, 1.82) is 0 Å². The van der Waals surface area contributed by atoms with Crippen molar-refractivity contribution >= 4 is 6.16 Å². The molecule has 0 rings (SSSR count). The zero-order chi connectivity index (χ0) is 3.58. The van der Waals surface area contributed by atoms with E-state index in [0.717, 1.165) is 0 Å². The van der Waals surface area contributed by atoms with Crippen molar-refractivity contribution in [3.63, 3.8) is 0 Å². The second-order valence-electron chi connectivity index (χ2n) is 0.250. The maximum absolute atomic E-state index is 8.33. The van der Waals surface area contributed by atoms with Crippen LogP contribution in [0.3, 0.4) is 0 Å². The molecule has 0 aromatic heterocycles. The molecule has 0 aliphatic carbocycles. The van der Waals surface area contributed by atoms with Gasteiger partial charge in [-0.25, -0.2) is 0 Å². The summed E-state index contributed by atoms with van der Waals surface area (Å²) in [6.07, 6.45) is -2.33. The van der Waals surface area contributed by atoms with Gasteiger partial charge in [-0.3, -0.25) is 0 Å². The van der Waals surface area contributed by atoms with Crippen LogP contribution in [0.15, 0.2) is 0 Å². The van der Waals surface area contributed by atoms with E-state index in [0.29, 0.717) is 0 Å². The van der Waals surface area contributed by atoms with E-state index >= 15 is 0 Å². The third kappa shape index (κ3) is 2810. The zero-order valence-electron chi connectivity index (χ0n) is 2.49. The molecule has 3 radical (unpaired) electrons. The van der Waals surface area contributed by atoms with Crippen molar-refractivity contribution in [2.75, 3.05) is 0 Å². The van der Waals surface area contributed by atoms with Gasteiger partial charge in [-0.05, 0) is 6.16 Å². The molecule has 0 aromatic rings. The van der Waals surface area contributed by atoms with Gasteiger partial charge in [-0.15, -0.1) is 0 Å². The van der Waals surface area contributed by atoms with Crippen molar-refractivity contribution in [2.45, 2.75) is 0 Å². The summed E-state index contributed by atoms with van der Waals surface area (Å²) in [6.45, 7) is 0. The minimum atomic E-state index is -2.33. The minimum Gasteiger partial charge on any atom is -0.652 e. The van der Waals surface area contributed by atoms with Crippen molar-refractivity contribution in [1.82, 2.24) is 6.15 Å².